The molecule has 7 nitrogen and oxygen atoms in total. The Bertz CT molecular complexity index is 1140. The molecule has 0 unspecified atom stereocenters. The number of ether oxygens (including phenoxy) is 4. The number of halogens is 1. The minimum Gasteiger partial charge on any atom is -0.493 e. The first-order chi connectivity index (χ1) is 16.5. The molecular weight excluding hydrogens is 547 g/mol. The van der Waals surface area contributed by atoms with Gasteiger partial charge in [0.2, 0.25) is 0 Å². The van der Waals surface area contributed by atoms with Gasteiger partial charge in [0.25, 0.3) is 5.91 Å². The highest BCUT2D eigenvalue weighted by Gasteiger charge is 2.13. The molecule has 0 aliphatic carbocycles. The Kier molecular flexibility index (Phi) is 9.57. The predicted molar refractivity (Wildman–Crippen MR) is 140 cm³/mol. The molecule has 0 bridgehead atoms. The van der Waals surface area contributed by atoms with E-state index in [-0.39, 0.29) is 5.91 Å². The molecule has 0 saturated heterocycles. The number of nitrogens with one attached hydrogen (secondary N) is 1. The Morgan fingerprint density at radius 2 is 1.68 bits per heavy atom. The second-order valence-electron chi connectivity index (χ2n) is 7.04. The van der Waals surface area contributed by atoms with E-state index in [0.717, 1.165) is 14.7 Å². The first kappa shape index (κ1) is 25.4. The third-order valence-corrected chi connectivity index (χ3v) is 5.46. The quantitative estimate of drug-likeness (QED) is 0.188. The molecule has 3 aromatic rings. The van der Waals surface area contributed by atoms with Gasteiger partial charge in [0.15, 0.2) is 23.0 Å². The van der Waals surface area contributed by atoms with Crippen LogP contribution in [0.25, 0.3) is 0 Å². The van der Waals surface area contributed by atoms with Crippen LogP contribution in [0.1, 0.15) is 35.3 Å². The molecule has 0 aromatic heterocycles. The van der Waals surface area contributed by atoms with Gasteiger partial charge in [0, 0.05) is 5.56 Å². The van der Waals surface area contributed by atoms with Crippen LogP contribution in [0.4, 0.5) is 0 Å². The third-order valence-electron chi connectivity index (χ3n) is 4.66. The lowest BCUT2D eigenvalue weighted by atomic mass is 10.2. The van der Waals surface area contributed by atoms with Crippen LogP contribution in [0.2, 0.25) is 0 Å². The van der Waals surface area contributed by atoms with Crippen LogP contribution in [0.3, 0.4) is 0 Å². The average Bonchev–Trinajstić information content (AvgIpc) is 2.84. The molecule has 0 saturated carbocycles. The van der Waals surface area contributed by atoms with E-state index in [2.05, 4.69) is 33.1 Å². The Balaban J connectivity index is 1.71. The van der Waals surface area contributed by atoms with Gasteiger partial charge in [-0.05, 0) is 77.9 Å². The summed E-state index contributed by atoms with van der Waals surface area (Å²) >= 11 is 2.21. The fourth-order valence-corrected chi connectivity index (χ4v) is 3.89. The number of hydrogen-bond donors (Lipinski definition) is 1. The lowest BCUT2D eigenvalue weighted by Gasteiger charge is -2.14. The maximum absolute atomic E-state index is 12.5. The van der Waals surface area contributed by atoms with E-state index in [9.17, 15) is 4.79 Å². The molecule has 8 heteroatoms. The van der Waals surface area contributed by atoms with Crippen LogP contribution >= 0.6 is 22.6 Å². The molecule has 0 fully saturated rings. The van der Waals surface area contributed by atoms with Crippen LogP contribution in [0, 0.1) is 3.57 Å². The van der Waals surface area contributed by atoms with E-state index < -0.39 is 0 Å². The van der Waals surface area contributed by atoms with E-state index in [4.69, 9.17) is 18.9 Å². The Labute approximate surface area is 213 Å². The van der Waals surface area contributed by atoms with Crippen molar-refractivity contribution >= 4 is 34.7 Å². The van der Waals surface area contributed by atoms with Crippen LogP contribution in [-0.2, 0) is 6.61 Å². The van der Waals surface area contributed by atoms with Crippen LogP contribution in [0.15, 0.2) is 65.8 Å². The van der Waals surface area contributed by atoms with Crippen molar-refractivity contribution in [1.29, 1.82) is 0 Å². The monoisotopic (exact) mass is 574 g/mol. The summed E-state index contributed by atoms with van der Waals surface area (Å²) in [5.41, 5.74) is 4.79. The molecule has 0 aliphatic rings. The lowest BCUT2D eigenvalue weighted by molar-refractivity contribution is 0.0954. The van der Waals surface area contributed by atoms with Gasteiger partial charge in [-0.25, -0.2) is 5.43 Å². The molecule has 1 N–H and O–H groups in total. The number of carbonyl (C=O) groups excluding carboxylic acids is 1. The van der Waals surface area contributed by atoms with Crippen LogP contribution < -0.4 is 24.4 Å². The van der Waals surface area contributed by atoms with Crippen molar-refractivity contribution in [3.05, 3.63) is 80.9 Å². The number of rotatable bonds is 11. The van der Waals surface area contributed by atoms with Crippen molar-refractivity contribution in [3.8, 4) is 23.0 Å². The zero-order chi connectivity index (χ0) is 24.3. The van der Waals surface area contributed by atoms with Crippen molar-refractivity contribution in [2.75, 3.05) is 20.3 Å². The number of amides is 1. The maximum atomic E-state index is 12.5. The number of hydrogen-bond acceptors (Lipinski definition) is 6. The van der Waals surface area contributed by atoms with Crippen LogP contribution in [-0.4, -0.2) is 32.4 Å². The largest absolute Gasteiger partial charge is 0.493 e. The summed E-state index contributed by atoms with van der Waals surface area (Å²) in [6.45, 7) is 5.24. The van der Waals surface area contributed by atoms with Gasteiger partial charge in [0.05, 0.1) is 30.1 Å². The second-order valence-corrected chi connectivity index (χ2v) is 8.20. The fraction of sp³-hybridized carbons (Fsp3) is 0.231. The molecule has 3 rings (SSSR count). The van der Waals surface area contributed by atoms with E-state index in [1.165, 1.54) is 7.11 Å². The zero-order valence-electron chi connectivity index (χ0n) is 19.3. The Morgan fingerprint density at radius 1 is 0.941 bits per heavy atom. The summed E-state index contributed by atoms with van der Waals surface area (Å²) in [5.74, 6) is 2.00. The highest BCUT2D eigenvalue weighted by molar-refractivity contribution is 14.1. The van der Waals surface area contributed by atoms with Crippen molar-refractivity contribution in [1.82, 2.24) is 5.43 Å². The normalized spacial score (nSPS) is 10.7. The molecule has 0 heterocycles. The zero-order valence-corrected chi connectivity index (χ0v) is 21.5. The second kappa shape index (κ2) is 12.8. The summed E-state index contributed by atoms with van der Waals surface area (Å²) in [6, 6.07) is 18.7. The van der Waals surface area contributed by atoms with E-state index in [0.29, 0.717) is 48.4 Å². The first-order valence-electron chi connectivity index (χ1n) is 10.8. The number of carbonyl (C=O) groups is 1. The Hall–Kier alpha value is -3.27. The molecule has 34 heavy (non-hydrogen) atoms. The molecule has 0 atom stereocenters. The summed E-state index contributed by atoms with van der Waals surface area (Å²) in [7, 11) is 1.53. The SMILES string of the molecule is CCOc1ccc(C(=O)N/N=C/c2cc(I)c(OCc3ccccc3)c(OCC)c2)cc1OC. The van der Waals surface area contributed by atoms with Crippen LogP contribution in [0.5, 0.6) is 23.0 Å². The molecule has 0 aliphatic heterocycles. The molecule has 1 amide bonds. The molecule has 3 aromatic carbocycles. The summed E-state index contributed by atoms with van der Waals surface area (Å²) < 4.78 is 23.5. The Morgan fingerprint density at radius 3 is 2.38 bits per heavy atom. The lowest BCUT2D eigenvalue weighted by Crippen LogP contribution is -2.17. The molecular formula is C26H27IN2O5. The van der Waals surface area contributed by atoms with Gasteiger partial charge in [0.1, 0.15) is 6.61 Å². The maximum Gasteiger partial charge on any atom is 0.271 e. The number of hydrazone groups is 1. The highest BCUT2D eigenvalue weighted by Crippen LogP contribution is 2.34. The summed E-state index contributed by atoms with van der Waals surface area (Å²) in [5, 5.41) is 4.10. The van der Waals surface area contributed by atoms with Gasteiger partial charge in [-0.15, -0.1) is 0 Å². The molecule has 0 spiro atoms. The van der Waals surface area contributed by atoms with Crippen molar-refractivity contribution < 1.29 is 23.7 Å². The van der Waals surface area contributed by atoms with Crippen molar-refractivity contribution in [2.24, 2.45) is 5.10 Å². The van der Waals surface area contributed by atoms with Gasteiger partial charge in [-0.1, -0.05) is 30.3 Å². The fourth-order valence-electron chi connectivity index (χ4n) is 3.11. The third kappa shape index (κ3) is 6.86. The number of nitrogens with zero attached hydrogens (tertiary/aromatic N) is 1. The minimum atomic E-state index is -0.361. The van der Waals surface area contributed by atoms with Crippen molar-refractivity contribution in [2.45, 2.75) is 20.5 Å². The highest BCUT2D eigenvalue weighted by atomic mass is 127. The molecule has 178 valence electrons. The van der Waals surface area contributed by atoms with E-state index in [1.54, 1.807) is 24.4 Å². The average molecular weight is 574 g/mol. The number of benzene rings is 3. The van der Waals surface area contributed by atoms with Gasteiger partial charge < -0.3 is 18.9 Å². The van der Waals surface area contributed by atoms with E-state index in [1.807, 2.05) is 56.3 Å². The van der Waals surface area contributed by atoms with Gasteiger partial charge in [-0.2, -0.15) is 5.10 Å². The smallest absolute Gasteiger partial charge is 0.271 e. The van der Waals surface area contributed by atoms with Gasteiger partial charge >= 0.3 is 0 Å². The van der Waals surface area contributed by atoms with Crippen molar-refractivity contribution in [3.63, 3.8) is 0 Å². The van der Waals surface area contributed by atoms with E-state index >= 15 is 0 Å². The predicted octanol–water partition coefficient (Wildman–Crippen LogP) is 5.44. The first-order valence-corrected chi connectivity index (χ1v) is 11.9. The topological polar surface area (TPSA) is 78.4 Å². The molecule has 0 radical (unpaired) electrons. The van der Waals surface area contributed by atoms with Gasteiger partial charge in [-0.3, -0.25) is 4.79 Å². The summed E-state index contributed by atoms with van der Waals surface area (Å²) in [6.07, 6.45) is 1.56. The number of methoxy groups -OCH3 is 1. The standard InChI is InChI=1S/C26H27IN2O5/c1-4-32-22-12-11-20(15-23(22)31-3)26(30)29-28-16-19-13-21(27)25(24(14-19)33-5-2)34-17-18-9-7-6-8-10-18/h6-16H,4-5,17H2,1-3H3,(H,29,30)/b28-16+. The summed E-state index contributed by atoms with van der Waals surface area (Å²) in [4.78, 5) is 12.5. The minimum absolute atomic E-state index is 0.361.